The first-order valence-electron chi connectivity index (χ1n) is 11.3. The lowest BCUT2D eigenvalue weighted by molar-refractivity contribution is -0.113. The maximum atomic E-state index is 12.5. The number of benzene rings is 2. The molecule has 2 aliphatic heterocycles. The van der Waals surface area contributed by atoms with Crippen molar-refractivity contribution in [3.05, 3.63) is 88.5 Å². The van der Waals surface area contributed by atoms with Crippen molar-refractivity contribution in [1.29, 1.82) is 0 Å². The fourth-order valence-corrected chi connectivity index (χ4v) is 5.00. The summed E-state index contributed by atoms with van der Waals surface area (Å²) in [6.45, 7) is 6.05. The molecule has 6 nitrogen and oxygen atoms in total. The van der Waals surface area contributed by atoms with Crippen molar-refractivity contribution in [3.8, 4) is 11.3 Å². The van der Waals surface area contributed by atoms with Gasteiger partial charge in [-0.05, 0) is 36.4 Å². The zero-order valence-electron chi connectivity index (χ0n) is 18.9. The maximum absolute atomic E-state index is 12.5. The van der Waals surface area contributed by atoms with Gasteiger partial charge in [0.15, 0.2) is 11.0 Å². The van der Waals surface area contributed by atoms with Gasteiger partial charge in [-0.2, -0.15) is 4.99 Å². The number of rotatable bonds is 5. The Bertz CT molecular complexity index is 1250. The molecule has 2 aliphatic rings. The largest absolute Gasteiger partial charge is 0.457 e. The van der Waals surface area contributed by atoms with Crippen LogP contribution in [0.1, 0.15) is 28.6 Å². The molecule has 1 saturated heterocycles. The second-order valence-corrected chi connectivity index (χ2v) is 9.40. The number of amidine groups is 1. The molecule has 0 N–H and O–H groups in total. The van der Waals surface area contributed by atoms with Crippen molar-refractivity contribution in [2.24, 2.45) is 4.99 Å². The van der Waals surface area contributed by atoms with Gasteiger partial charge < -0.3 is 9.32 Å². The highest BCUT2D eigenvalue weighted by molar-refractivity contribution is 8.18. The fraction of sp³-hybridized carbons (Fsp3) is 0.222. The summed E-state index contributed by atoms with van der Waals surface area (Å²) >= 11 is 1.41. The number of ketones is 1. The van der Waals surface area contributed by atoms with Gasteiger partial charge in [-0.15, -0.1) is 0 Å². The van der Waals surface area contributed by atoms with Crippen molar-refractivity contribution in [2.75, 3.05) is 26.2 Å². The lowest BCUT2D eigenvalue weighted by atomic mass is 10.1. The molecule has 1 fully saturated rings. The zero-order chi connectivity index (χ0) is 23.5. The van der Waals surface area contributed by atoms with E-state index >= 15 is 0 Å². The van der Waals surface area contributed by atoms with Crippen molar-refractivity contribution < 1.29 is 14.0 Å². The first-order valence-corrected chi connectivity index (χ1v) is 12.1. The van der Waals surface area contributed by atoms with Crippen LogP contribution in [0.3, 0.4) is 0 Å². The Balaban J connectivity index is 1.19. The molecule has 7 heteroatoms. The van der Waals surface area contributed by atoms with Gasteiger partial charge in [0.1, 0.15) is 11.5 Å². The van der Waals surface area contributed by atoms with E-state index in [1.54, 1.807) is 25.1 Å². The van der Waals surface area contributed by atoms with E-state index in [9.17, 15) is 9.59 Å². The van der Waals surface area contributed by atoms with Crippen LogP contribution in [0.15, 0.2) is 81.0 Å². The van der Waals surface area contributed by atoms with Gasteiger partial charge in [-0.3, -0.25) is 14.5 Å². The van der Waals surface area contributed by atoms with Crippen molar-refractivity contribution in [2.45, 2.75) is 13.5 Å². The van der Waals surface area contributed by atoms with E-state index in [0.29, 0.717) is 22.0 Å². The first kappa shape index (κ1) is 22.4. The van der Waals surface area contributed by atoms with E-state index in [4.69, 9.17) is 4.42 Å². The molecule has 172 valence electrons. The minimum absolute atomic E-state index is 0.0293. The number of amides is 1. The lowest BCUT2D eigenvalue weighted by Gasteiger charge is -2.35. The highest BCUT2D eigenvalue weighted by Crippen LogP contribution is 2.32. The molecule has 1 aromatic heterocycles. The van der Waals surface area contributed by atoms with Crippen molar-refractivity contribution >= 4 is 34.7 Å². The third-order valence-corrected chi connectivity index (χ3v) is 7.02. The van der Waals surface area contributed by atoms with Crippen LogP contribution in [0, 0.1) is 0 Å². The summed E-state index contributed by atoms with van der Waals surface area (Å²) in [5, 5.41) is 0.766. The Labute approximate surface area is 203 Å². The summed E-state index contributed by atoms with van der Waals surface area (Å²) in [6.07, 6.45) is 1.75. The molecular weight excluding hydrogens is 446 g/mol. The number of hydrogen-bond acceptors (Lipinski definition) is 6. The number of thioether (sulfide) groups is 1. The summed E-state index contributed by atoms with van der Waals surface area (Å²) in [7, 11) is 0. The van der Waals surface area contributed by atoms with Crippen LogP contribution < -0.4 is 0 Å². The fourth-order valence-electron chi connectivity index (χ4n) is 4.06. The van der Waals surface area contributed by atoms with Crippen LogP contribution in [-0.4, -0.2) is 52.8 Å². The molecule has 0 unspecified atom stereocenters. The monoisotopic (exact) mass is 471 g/mol. The lowest BCUT2D eigenvalue weighted by Crippen LogP contribution is -2.47. The molecule has 0 bridgehead atoms. The first-order chi connectivity index (χ1) is 16.5. The molecule has 34 heavy (non-hydrogen) atoms. The van der Waals surface area contributed by atoms with Crippen molar-refractivity contribution in [3.63, 3.8) is 0 Å². The van der Waals surface area contributed by atoms with Gasteiger partial charge in [0.05, 0.1) is 4.91 Å². The minimum atomic E-state index is -0.226. The second-order valence-electron chi connectivity index (χ2n) is 8.39. The van der Waals surface area contributed by atoms with Crippen LogP contribution in [0.2, 0.25) is 0 Å². The Hall–Kier alpha value is -3.42. The second kappa shape index (κ2) is 9.83. The van der Waals surface area contributed by atoms with E-state index in [-0.39, 0.29) is 11.7 Å². The molecule has 5 rings (SSSR count). The van der Waals surface area contributed by atoms with Gasteiger partial charge in [0.2, 0.25) is 0 Å². The highest BCUT2D eigenvalue weighted by Gasteiger charge is 2.28. The third-order valence-electron chi connectivity index (χ3n) is 5.98. The van der Waals surface area contributed by atoms with Crippen LogP contribution in [-0.2, 0) is 11.3 Å². The molecule has 0 atom stereocenters. The number of Topliss-reactive ketones (excluding diaryl/α,β-unsaturated/α-hetero) is 1. The van der Waals surface area contributed by atoms with Crippen molar-refractivity contribution in [1.82, 2.24) is 9.80 Å². The summed E-state index contributed by atoms with van der Waals surface area (Å²) in [5.41, 5.74) is 2.86. The van der Waals surface area contributed by atoms with E-state index in [1.165, 1.54) is 17.3 Å². The Morgan fingerprint density at radius 3 is 2.44 bits per heavy atom. The molecule has 1 amide bonds. The molecule has 0 radical (unpaired) electrons. The standard InChI is InChI=1S/C27H25N3O3S/c1-19(31)21-7-9-22(10-8-21)24-12-11-23(33-24)17-25-26(32)28-27(34-25)30-15-13-29(14-16-30)18-20-5-3-2-4-6-20/h2-12,17H,13-16,18H2,1H3/b25-17+. The third kappa shape index (κ3) is 5.05. The van der Waals surface area contributed by atoms with Crippen LogP contribution in [0.5, 0.6) is 0 Å². The minimum Gasteiger partial charge on any atom is -0.457 e. The van der Waals surface area contributed by atoms with Crippen LogP contribution in [0.4, 0.5) is 0 Å². The number of carbonyl (C=O) groups excluding carboxylic acids is 2. The number of carbonyl (C=O) groups is 2. The average Bonchev–Trinajstić information content (AvgIpc) is 3.47. The highest BCUT2D eigenvalue weighted by atomic mass is 32.2. The molecular formula is C27H25N3O3S. The Morgan fingerprint density at radius 2 is 1.74 bits per heavy atom. The summed E-state index contributed by atoms with van der Waals surface area (Å²) in [6, 6.07) is 21.5. The van der Waals surface area contributed by atoms with Gasteiger partial charge in [-0.1, -0.05) is 54.6 Å². The number of hydrogen-bond donors (Lipinski definition) is 0. The van der Waals surface area contributed by atoms with Gasteiger partial charge in [0.25, 0.3) is 5.91 Å². The predicted octanol–water partition coefficient (Wildman–Crippen LogP) is 4.94. The molecule has 0 saturated carbocycles. The summed E-state index contributed by atoms with van der Waals surface area (Å²) < 4.78 is 5.93. The van der Waals surface area contributed by atoms with Crippen LogP contribution >= 0.6 is 11.8 Å². The SMILES string of the molecule is CC(=O)c1ccc(-c2ccc(/C=C3/SC(N4CCN(Cc5ccccc5)CC4)=NC3=O)o2)cc1. The van der Waals surface area contributed by atoms with Gasteiger partial charge >= 0.3 is 0 Å². The summed E-state index contributed by atoms with van der Waals surface area (Å²) in [4.78, 5) is 33.5. The quantitative estimate of drug-likeness (QED) is 0.388. The number of nitrogens with zero attached hydrogens (tertiary/aromatic N) is 3. The molecule has 0 spiro atoms. The van der Waals surface area contributed by atoms with E-state index in [0.717, 1.165) is 43.5 Å². The Morgan fingerprint density at radius 1 is 1.00 bits per heavy atom. The van der Waals surface area contributed by atoms with Gasteiger partial charge in [0, 0.05) is 49.9 Å². The number of furan rings is 1. The smallest absolute Gasteiger partial charge is 0.286 e. The molecule has 0 aliphatic carbocycles. The van der Waals surface area contributed by atoms with E-state index in [1.807, 2.05) is 30.3 Å². The van der Waals surface area contributed by atoms with Crippen LogP contribution in [0.25, 0.3) is 17.4 Å². The number of aliphatic imine (C=N–C) groups is 1. The molecule has 3 aromatic rings. The molecule has 2 aromatic carbocycles. The normalized spacial score (nSPS) is 17.9. The Kier molecular flexibility index (Phi) is 6.47. The van der Waals surface area contributed by atoms with Gasteiger partial charge in [-0.25, -0.2) is 0 Å². The zero-order valence-corrected chi connectivity index (χ0v) is 19.8. The predicted molar refractivity (Wildman–Crippen MR) is 135 cm³/mol. The topological polar surface area (TPSA) is 66.1 Å². The summed E-state index contributed by atoms with van der Waals surface area (Å²) in [5.74, 6) is 1.09. The maximum Gasteiger partial charge on any atom is 0.286 e. The molecule has 3 heterocycles. The van der Waals surface area contributed by atoms with E-state index < -0.39 is 0 Å². The van der Waals surface area contributed by atoms with E-state index in [2.05, 4.69) is 39.1 Å². The number of piperazine rings is 1. The average molecular weight is 472 g/mol.